The van der Waals surface area contributed by atoms with Gasteiger partial charge in [0.05, 0.1) is 26.4 Å². The van der Waals surface area contributed by atoms with Crippen molar-refractivity contribution in [1.29, 1.82) is 0 Å². The van der Waals surface area contributed by atoms with Crippen LogP contribution in [0.15, 0.2) is 41.3 Å². The summed E-state index contributed by atoms with van der Waals surface area (Å²) in [5.41, 5.74) is 2.20. The van der Waals surface area contributed by atoms with E-state index in [0.717, 1.165) is 25.0 Å². The first kappa shape index (κ1) is 24.2. The molecule has 1 saturated heterocycles. The first-order chi connectivity index (χ1) is 18.1. The summed E-state index contributed by atoms with van der Waals surface area (Å²) in [4.78, 5) is 40.0. The van der Waals surface area contributed by atoms with Crippen LogP contribution in [0, 0.1) is 5.92 Å². The Labute approximate surface area is 218 Å². The van der Waals surface area contributed by atoms with Crippen molar-refractivity contribution in [2.24, 2.45) is 5.92 Å². The Hall–Kier alpha value is -3.18. The molecule has 1 aliphatic carbocycles. The summed E-state index contributed by atoms with van der Waals surface area (Å²) in [6.07, 6.45) is 3.78. The third-order valence-electron chi connectivity index (χ3n) is 7.72. The number of hydrogen-bond donors (Lipinski definition) is 0. The number of ether oxygens (including phenoxy) is 4. The van der Waals surface area contributed by atoms with Crippen molar-refractivity contribution in [3.63, 3.8) is 0 Å². The number of nitrogens with zero attached hydrogens (tertiary/aromatic N) is 3. The maximum absolute atomic E-state index is 13.8. The minimum Gasteiger partial charge on any atom is -0.451 e. The van der Waals surface area contributed by atoms with E-state index in [1.165, 1.54) is 24.3 Å². The molecule has 10 nitrogen and oxygen atoms in total. The molecule has 1 aromatic carbocycles. The summed E-state index contributed by atoms with van der Waals surface area (Å²) in [5.74, 6) is 0.854. The lowest BCUT2D eigenvalue weighted by Crippen LogP contribution is -2.67. The maximum atomic E-state index is 13.8. The molecule has 4 aliphatic rings. The zero-order chi connectivity index (χ0) is 25.5. The average Bonchev–Trinajstić information content (AvgIpc) is 3.33. The van der Waals surface area contributed by atoms with Gasteiger partial charge in [-0.3, -0.25) is 19.3 Å². The second-order valence-corrected chi connectivity index (χ2v) is 10.8. The number of methoxy groups -OCH3 is 1. The molecule has 0 N–H and O–H groups in total. The summed E-state index contributed by atoms with van der Waals surface area (Å²) in [6.45, 7) is 0.630. The Balaban J connectivity index is 1.50. The highest BCUT2D eigenvalue weighted by molar-refractivity contribution is 7.99. The number of rotatable bonds is 4. The third kappa shape index (κ3) is 4.14. The Bertz CT molecular complexity index is 1270. The van der Waals surface area contributed by atoms with Gasteiger partial charge in [-0.15, -0.1) is 0 Å². The lowest BCUT2D eigenvalue weighted by Gasteiger charge is -2.52. The van der Waals surface area contributed by atoms with Crippen LogP contribution in [0.2, 0.25) is 0 Å². The van der Waals surface area contributed by atoms with Gasteiger partial charge in [0.2, 0.25) is 18.0 Å². The highest BCUT2D eigenvalue weighted by Crippen LogP contribution is 2.50. The number of amides is 1. The second-order valence-electron chi connectivity index (χ2n) is 9.58. The topological polar surface area (TPSA) is 99.5 Å². The van der Waals surface area contributed by atoms with Crippen LogP contribution in [0.1, 0.15) is 46.9 Å². The first-order valence-electron chi connectivity index (χ1n) is 12.5. The van der Waals surface area contributed by atoms with Crippen LogP contribution in [-0.2, 0) is 20.0 Å². The van der Waals surface area contributed by atoms with E-state index >= 15 is 0 Å². The number of thioether (sulfide) groups is 1. The molecule has 1 saturated carbocycles. The lowest BCUT2D eigenvalue weighted by atomic mass is 9.88. The largest absolute Gasteiger partial charge is 0.510 e. The van der Waals surface area contributed by atoms with E-state index in [2.05, 4.69) is 34.0 Å². The molecular formula is C26H29N3O7S. The number of aromatic nitrogens is 1. The van der Waals surface area contributed by atoms with Crippen LogP contribution in [0.4, 0.5) is 4.79 Å². The number of benzene rings is 1. The van der Waals surface area contributed by atoms with Gasteiger partial charge in [-0.2, -0.15) is 11.8 Å². The highest BCUT2D eigenvalue weighted by Gasteiger charge is 2.49. The number of fused-ring (bicyclic) bond motifs is 4. The van der Waals surface area contributed by atoms with E-state index in [0.29, 0.717) is 30.9 Å². The summed E-state index contributed by atoms with van der Waals surface area (Å²) in [5, 5.41) is 2.72. The van der Waals surface area contributed by atoms with Gasteiger partial charge in [0.1, 0.15) is 6.17 Å². The smallest absolute Gasteiger partial charge is 0.451 e. The van der Waals surface area contributed by atoms with E-state index in [9.17, 15) is 14.4 Å². The normalized spacial score (nSPS) is 26.4. The van der Waals surface area contributed by atoms with Crippen LogP contribution < -0.4 is 15.2 Å². The Morgan fingerprint density at radius 2 is 2.05 bits per heavy atom. The molecule has 2 aromatic rings. The van der Waals surface area contributed by atoms with E-state index < -0.39 is 18.4 Å². The molecule has 0 bridgehead atoms. The Kier molecular flexibility index (Phi) is 6.49. The van der Waals surface area contributed by atoms with E-state index in [4.69, 9.17) is 14.2 Å². The molecule has 37 heavy (non-hydrogen) atoms. The van der Waals surface area contributed by atoms with Crippen molar-refractivity contribution in [3.8, 4) is 5.75 Å². The van der Waals surface area contributed by atoms with E-state index in [1.54, 1.807) is 15.8 Å². The standard InChI is InChI=1S/C26H29N3O7S/c1-33-26(32)36-15-35-24-19(30)9-10-28-23(24)25(31)27-11-12-34-13-21(27)29(28)22-17-6-3-2-5-16(17)14-37-20-8-4-7-18(20)22/h2-3,5-6,9-10,18,20-22H,4,7-8,11-15H2,1H3/t18?,20?,21-,22+/m1/s1. The van der Waals surface area contributed by atoms with Crippen molar-refractivity contribution < 1.29 is 28.5 Å². The Morgan fingerprint density at radius 1 is 1.19 bits per heavy atom. The maximum Gasteiger partial charge on any atom is 0.510 e. The molecule has 4 heterocycles. The fourth-order valence-electron chi connectivity index (χ4n) is 6.12. The van der Waals surface area contributed by atoms with Gasteiger partial charge >= 0.3 is 6.16 Å². The van der Waals surface area contributed by atoms with Gasteiger partial charge in [0.15, 0.2) is 5.69 Å². The van der Waals surface area contributed by atoms with Crippen molar-refractivity contribution in [3.05, 3.63) is 63.6 Å². The SMILES string of the molecule is COC(=O)OCOc1c2n(ccc1=O)N([C@H]1c3ccccc3CSC3CCCC31)[C@@H]1COCCN1C2=O. The average molecular weight is 528 g/mol. The van der Waals surface area contributed by atoms with Gasteiger partial charge in [-0.25, -0.2) is 4.79 Å². The number of hydrogen-bond acceptors (Lipinski definition) is 9. The number of morpholine rings is 1. The summed E-state index contributed by atoms with van der Waals surface area (Å²) in [6, 6.07) is 9.88. The van der Waals surface area contributed by atoms with Crippen molar-refractivity contribution in [2.75, 3.05) is 38.7 Å². The number of carbonyl (C=O) groups is 2. The molecule has 0 radical (unpaired) electrons. The van der Waals surface area contributed by atoms with E-state index in [-0.39, 0.29) is 29.6 Å². The van der Waals surface area contributed by atoms with Gasteiger partial charge in [0.25, 0.3) is 5.91 Å². The molecule has 11 heteroatoms. The van der Waals surface area contributed by atoms with Crippen LogP contribution in [-0.4, -0.2) is 66.7 Å². The molecule has 1 amide bonds. The third-order valence-corrected chi connectivity index (χ3v) is 9.21. The fourth-order valence-corrected chi connectivity index (χ4v) is 7.64. The monoisotopic (exact) mass is 527 g/mol. The summed E-state index contributed by atoms with van der Waals surface area (Å²) >= 11 is 2.02. The van der Waals surface area contributed by atoms with Crippen molar-refractivity contribution >= 4 is 23.8 Å². The zero-order valence-corrected chi connectivity index (χ0v) is 21.4. The van der Waals surface area contributed by atoms with E-state index in [1.807, 2.05) is 11.8 Å². The van der Waals surface area contributed by atoms with Crippen LogP contribution in [0.25, 0.3) is 0 Å². The van der Waals surface area contributed by atoms with Gasteiger partial charge in [-0.1, -0.05) is 30.7 Å². The summed E-state index contributed by atoms with van der Waals surface area (Å²) < 4.78 is 22.6. The number of pyridine rings is 1. The molecule has 2 fully saturated rings. The van der Waals surface area contributed by atoms with Crippen molar-refractivity contribution in [2.45, 2.75) is 42.5 Å². The second kappa shape index (κ2) is 9.94. The predicted molar refractivity (Wildman–Crippen MR) is 135 cm³/mol. The molecular weight excluding hydrogens is 498 g/mol. The molecule has 196 valence electrons. The minimum absolute atomic E-state index is 0.0265. The highest BCUT2D eigenvalue weighted by atomic mass is 32.2. The summed E-state index contributed by atoms with van der Waals surface area (Å²) in [7, 11) is 1.18. The van der Waals surface area contributed by atoms with Gasteiger partial charge < -0.3 is 23.8 Å². The molecule has 2 unspecified atom stereocenters. The van der Waals surface area contributed by atoms with Gasteiger partial charge in [-0.05, 0) is 29.9 Å². The first-order valence-corrected chi connectivity index (χ1v) is 13.6. The van der Waals surface area contributed by atoms with Crippen LogP contribution >= 0.6 is 11.8 Å². The fraction of sp³-hybridized carbons (Fsp3) is 0.500. The molecule has 0 spiro atoms. The molecule has 1 aromatic heterocycles. The van der Waals surface area contributed by atoms with Crippen LogP contribution in [0.5, 0.6) is 5.75 Å². The molecule has 4 atom stereocenters. The predicted octanol–water partition coefficient (Wildman–Crippen LogP) is 2.87. The minimum atomic E-state index is -0.939. The van der Waals surface area contributed by atoms with Gasteiger partial charge in [0, 0.05) is 29.8 Å². The quantitative estimate of drug-likeness (QED) is 0.439. The number of carbonyl (C=O) groups excluding carboxylic acids is 2. The Morgan fingerprint density at radius 3 is 2.92 bits per heavy atom. The lowest BCUT2D eigenvalue weighted by molar-refractivity contribution is -0.0243. The van der Waals surface area contributed by atoms with Crippen LogP contribution in [0.3, 0.4) is 0 Å². The molecule has 6 rings (SSSR count). The molecule has 3 aliphatic heterocycles. The zero-order valence-electron chi connectivity index (χ0n) is 20.5. The van der Waals surface area contributed by atoms with Crippen molar-refractivity contribution in [1.82, 2.24) is 9.58 Å².